The molecule has 2 aromatic rings. The van der Waals surface area contributed by atoms with Crippen LogP contribution in [-0.4, -0.2) is 18.3 Å². The Balaban J connectivity index is 1.74. The summed E-state index contributed by atoms with van der Waals surface area (Å²) < 4.78 is 5.97. The van der Waals surface area contributed by atoms with Gasteiger partial charge in [0.1, 0.15) is 5.75 Å². The lowest BCUT2D eigenvalue weighted by Gasteiger charge is -2.39. The summed E-state index contributed by atoms with van der Waals surface area (Å²) in [5.74, 6) is 0.987. The van der Waals surface area contributed by atoms with E-state index in [2.05, 4.69) is 67.4 Å². The molecular formula is C19H21NO2. The number of para-hydroxylation sites is 1. The highest BCUT2D eigenvalue weighted by atomic mass is 16.7. The molecule has 0 spiro atoms. The molecule has 3 heteroatoms. The summed E-state index contributed by atoms with van der Waals surface area (Å²) in [5, 5.41) is 2.16. The van der Waals surface area contributed by atoms with Crippen LogP contribution in [0.4, 0.5) is 0 Å². The van der Waals surface area contributed by atoms with Gasteiger partial charge in [0.05, 0.1) is 25.3 Å². The third-order valence-corrected chi connectivity index (χ3v) is 4.89. The van der Waals surface area contributed by atoms with Crippen molar-refractivity contribution in [3.05, 3.63) is 65.7 Å². The first-order chi connectivity index (χ1) is 10.7. The largest absolute Gasteiger partial charge is 0.493 e. The molecule has 2 heterocycles. The molecule has 3 nitrogen and oxygen atoms in total. The highest BCUT2D eigenvalue weighted by molar-refractivity contribution is 5.40. The number of ether oxygens (including phenoxy) is 1. The van der Waals surface area contributed by atoms with Crippen molar-refractivity contribution < 1.29 is 9.57 Å². The minimum atomic E-state index is -0.00259. The number of hydrogen-bond donors (Lipinski definition) is 0. The zero-order chi connectivity index (χ0) is 15.2. The van der Waals surface area contributed by atoms with Gasteiger partial charge in [0.25, 0.3) is 0 Å². The Morgan fingerprint density at radius 2 is 1.77 bits per heavy atom. The molecule has 1 saturated heterocycles. The molecule has 4 rings (SSSR count). The molecule has 1 fully saturated rings. The molecule has 0 radical (unpaired) electrons. The van der Waals surface area contributed by atoms with Crippen LogP contribution in [0.25, 0.3) is 0 Å². The molecule has 2 aliphatic rings. The maximum atomic E-state index is 6.13. The average Bonchev–Trinajstić information content (AvgIpc) is 2.93. The van der Waals surface area contributed by atoms with E-state index in [-0.39, 0.29) is 17.5 Å². The van der Waals surface area contributed by atoms with E-state index in [1.54, 1.807) is 0 Å². The van der Waals surface area contributed by atoms with Gasteiger partial charge in [0, 0.05) is 11.0 Å². The van der Waals surface area contributed by atoms with Crippen LogP contribution >= 0.6 is 0 Å². The second-order valence-corrected chi connectivity index (χ2v) is 6.60. The molecule has 0 unspecified atom stereocenters. The van der Waals surface area contributed by atoms with Gasteiger partial charge in [-0.3, -0.25) is 4.84 Å². The van der Waals surface area contributed by atoms with E-state index >= 15 is 0 Å². The van der Waals surface area contributed by atoms with E-state index < -0.39 is 0 Å². The van der Waals surface area contributed by atoms with E-state index in [0.29, 0.717) is 13.2 Å². The lowest BCUT2D eigenvalue weighted by atomic mass is 9.78. The van der Waals surface area contributed by atoms with E-state index in [1.807, 2.05) is 6.07 Å². The second-order valence-electron chi connectivity index (χ2n) is 6.60. The first-order valence-corrected chi connectivity index (χ1v) is 7.87. The summed E-state index contributed by atoms with van der Waals surface area (Å²) in [6.07, 6.45) is 0. The second kappa shape index (κ2) is 5.11. The summed E-state index contributed by atoms with van der Waals surface area (Å²) in [4.78, 5) is 6.13. The molecule has 0 saturated carbocycles. The zero-order valence-corrected chi connectivity index (χ0v) is 13.0. The smallest absolute Gasteiger partial charge is 0.124 e. The van der Waals surface area contributed by atoms with Crippen LogP contribution in [0, 0.1) is 5.41 Å². The number of benzene rings is 2. The molecule has 22 heavy (non-hydrogen) atoms. The Kier molecular flexibility index (Phi) is 3.21. The van der Waals surface area contributed by atoms with E-state index in [9.17, 15) is 0 Å². The quantitative estimate of drug-likeness (QED) is 0.831. The highest BCUT2D eigenvalue weighted by Crippen LogP contribution is 2.53. The number of fused-ring (bicyclic) bond motifs is 3. The Bertz CT molecular complexity index is 672. The highest BCUT2D eigenvalue weighted by Gasteiger charge is 2.51. The van der Waals surface area contributed by atoms with Crippen LogP contribution in [0.3, 0.4) is 0 Å². The van der Waals surface area contributed by atoms with Gasteiger partial charge in [-0.15, -0.1) is 0 Å². The van der Waals surface area contributed by atoms with Crippen molar-refractivity contribution in [1.29, 1.82) is 0 Å². The first-order valence-electron chi connectivity index (χ1n) is 7.87. The maximum Gasteiger partial charge on any atom is 0.124 e. The first kappa shape index (κ1) is 13.8. The van der Waals surface area contributed by atoms with Crippen LogP contribution in [0.5, 0.6) is 5.75 Å². The van der Waals surface area contributed by atoms with Crippen molar-refractivity contribution in [2.75, 3.05) is 13.2 Å². The van der Waals surface area contributed by atoms with Crippen LogP contribution in [0.1, 0.15) is 37.1 Å². The standard InChI is InChI=1S/C19H21NO2/c1-14(15-8-4-3-5-9-15)20-18-16-10-6-7-11-17(16)21-12-19(18,2)13-22-20/h3-11,14,18H,12-13H2,1-2H3/t14-,18+,19+/m1/s1. The normalized spacial score (nSPS) is 28.5. The fourth-order valence-corrected chi connectivity index (χ4v) is 3.61. The van der Waals surface area contributed by atoms with Gasteiger partial charge in [-0.1, -0.05) is 55.5 Å². The van der Waals surface area contributed by atoms with Crippen molar-refractivity contribution in [1.82, 2.24) is 5.06 Å². The van der Waals surface area contributed by atoms with Crippen molar-refractivity contribution in [3.63, 3.8) is 0 Å². The number of hydroxylamine groups is 2. The van der Waals surface area contributed by atoms with Gasteiger partial charge in [-0.25, -0.2) is 0 Å². The molecule has 0 N–H and O–H groups in total. The summed E-state index contributed by atoms with van der Waals surface area (Å²) in [5.41, 5.74) is 2.50. The van der Waals surface area contributed by atoms with Gasteiger partial charge >= 0.3 is 0 Å². The summed E-state index contributed by atoms with van der Waals surface area (Å²) >= 11 is 0. The Labute approximate surface area is 131 Å². The van der Waals surface area contributed by atoms with Gasteiger partial charge in [0.2, 0.25) is 0 Å². The third-order valence-electron chi connectivity index (χ3n) is 4.89. The fourth-order valence-electron chi connectivity index (χ4n) is 3.61. The van der Waals surface area contributed by atoms with Gasteiger partial charge in [0.15, 0.2) is 0 Å². The summed E-state index contributed by atoms with van der Waals surface area (Å²) in [7, 11) is 0. The predicted octanol–water partition coefficient (Wildman–Crippen LogP) is 4.13. The Morgan fingerprint density at radius 3 is 2.59 bits per heavy atom. The van der Waals surface area contributed by atoms with Gasteiger partial charge < -0.3 is 4.74 Å². The molecule has 2 aliphatic heterocycles. The van der Waals surface area contributed by atoms with E-state index in [4.69, 9.17) is 9.57 Å². The number of rotatable bonds is 2. The number of hydrogen-bond acceptors (Lipinski definition) is 3. The van der Waals surface area contributed by atoms with Crippen LogP contribution < -0.4 is 4.74 Å². The molecule has 0 aromatic heterocycles. The Morgan fingerprint density at radius 1 is 1.05 bits per heavy atom. The van der Waals surface area contributed by atoms with Crippen molar-refractivity contribution >= 4 is 0 Å². The summed E-state index contributed by atoms with van der Waals surface area (Å²) in [6.45, 7) is 5.86. The molecule has 114 valence electrons. The average molecular weight is 295 g/mol. The molecule has 0 bridgehead atoms. The van der Waals surface area contributed by atoms with E-state index in [0.717, 1.165) is 5.75 Å². The monoisotopic (exact) mass is 295 g/mol. The van der Waals surface area contributed by atoms with Gasteiger partial charge in [-0.05, 0) is 18.6 Å². The number of nitrogens with zero attached hydrogens (tertiary/aromatic N) is 1. The molecular weight excluding hydrogens is 274 g/mol. The van der Waals surface area contributed by atoms with Crippen molar-refractivity contribution in [3.8, 4) is 5.75 Å². The zero-order valence-electron chi connectivity index (χ0n) is 13.0. The molecule has 3 atom stereocenters. The minimum absolute atomic E-state index is 0.00259. The van der Waals surface area contributed by atoms with Crippen LogP contribution in [0.2, 0.25) is 0 Å². The van der Waals surface area contributed by atoms with Crippen LogP contribution in [-0.2, 0) is 4.84 Å². The van der Waals surface area contributed by atoms with Crippen molar-refractivity contribution in [2.45, 2.75) is 25.9 Å². The Hall–Kier alpha value is -1.84. The molecule has 0 amide bonds. The molecule has 0 aliphatic carbocycles. The van der Waals surface area contributed by atoms with Crippen LogP contribution in [0.15, 0.2) is 54.6 Å². The minimum Gasteiger partial charge on any atom is -0.493 e. The lowest BCUT2D eigenvalue weighted by molar-refractivity contribution is -0.162. The fraction of sp³-hybridized carbons (Fsp3) is 0.368. The third kappa shape index (κ3) is 2.04. The lowest BCUT2D eigenvalue weighted by Crippen LogP contribution is -2.39. The maximum absolute atomic E-state index is 6.13. The van der Waals surface area contributed by atoms with Crippen molar-refractivity contribution in [2.24, 2.45) is 5.41 Å². The summed E-state index contributed by atoms with van der Waals surface area (Å²) in [6, 6.07) is 19.3. The predicted molar refractivity (Wildman–Crippen MR) is 85.4 cm³/mol. The van der Waals surface area contributed by atoms with Gasteiger partial charge in [-0.2, -0.15) is 5.06 Å². The topological polar surface area (TPSA) is 21.7 Å². The molecule has 2 aromatic carbocycles. The van der Waals surface area contributed by atoms with E-state index in [1.165, 1.54) is 11.1 Å². The SMILES string of the molecule is C[C@H](c1ccccc1)N1OC[C@]2(C)COc3ccccc3[C@H]12.